The second kappa shape index (κ2) is 11.9. The van der Waals surface area contributed by atoms with E-state index in [1.165, 1.54) is 0 Å². The lowest BCUT2D eigenvalue weighted by Crippen LogP contribution is -2.40. The minimum absolute atomic E-state index is 0. The first-order valence-electron chi connectivity index (χ1n) is 7.50. The molecule has 0 aliphatic heterocycles. The third-order valence-corrected chi connectivity index (χ3v) is 3.53. The Kier molecular flexibility index (Phi) is 10.2. The fourth-order valence-corrected chi connectivity index (χ4v) is 2.24. The Morgan fingerprint density at radius 1 is 1.17 bits per heavy atom. The Morgan fingerprint density at radius 3 is 2.67 bits per heavy atom. The molecule has 2 aromatic rings. The Balaban J connectivity index is 0.00000288. The number of nitrogens with zero attached hydrogens (tertiary/aromatic N) is 2. The number of halogens is 2. The fraction of sp³-hybridized carbons (Fsp3) is 0.294. The summed E-state index contributed by atoms with van der Waals surface area (Å²) in [6.07, 6.45) is 4.25. The van der Waals surface area contributed by atoms with Crippen LogP contribution in [0.1, 0.15) is 5.56 Å². The Morgan fingerprint density at radius 2 is 1.96 bits per heavy atom. The summed E-state index contributed by atoms with van der Waals surface area (Å²) in [5, 5.41) is 7.25. The maximum Gasteiger partial charge on any atom is 0.191 e. The standard InChI is InChI=1S/C17H21ClN4O.HI/c1-19-17(21-10-8-14-5-2-3-7-16(14)18)22-11-12-23-15-6-4-9-20-13-15;/h2-7,9,13H,8,10-12H2,1H3,(H2,19,21,22);1H. The van der Waals surface area contributed by atoms with Crippen LogP contribution in [0.15, 0.2) is 53.8 Å². The maximum atomic E-state index is 6.14. The van der Waals surface area contributed by atoms with Crippen LogP contribution < -0.4 is 15.4 Å². The number of hydrogen-bond donors (Lipinski definition) is 2. The molecule has 24 heavy (non-hydrogen) atoms. The summed E-state index contributed by atoms with van der Waals surface area (Å²) in [6, 6.07) is 11.6. The second-order valence-corrected chi connectivity index (χ2v) is 5.21. The molecule has 0 atom stereocenters. The number of benzene rings is 1. The molecule has 0 saturated carbocycles. The topological polar surface area (TPSA) is 58.5 Å². The van der Waals surface area contributed by atoms with Crippen molar-refractivity contribution in [2.24, 2.45) is 4.99 Å². The summed E-state index contributed by atoms with van der Waals surface area (Å²) >= 11 is 6.14. The van der Waals surface area contributed by atoms with E-state index >= 15 is 0 Å². The summed E-state index contributed by atoms with van der Waals surface area (Å²) in [5.41, 5.74) is 1.12. The van der Waals surface area contributed by atoms with E-state index < -0.39 is 0 Å². The van der Waals surface area contributed by atoms with Crippen molar-refractivity contribution in [3.63, 3.8) is 0 Å². The molecule has 0 spiro atoms. The zero-order valence-electron chi connectivity index (χ0n) is 13.5. The number of aliphatic imine (C=N–C) groups is 1. The highest BCUT2D eigenvalue weighted by Gasteiger charge is 2.01. The molecule has 0 radical (unpaired) electrons. The highest BCUT2D eigenvalue weighted by molar-refractivity contribution is 14.0. The molecule has 1 aromatic carbocycles. The minimum Gasteiger partial charge on any atom is -0.490 e. The maximum absolute atomic E-state index is 6.14. The van der Waals surface area contributed by atoms with Crippen LogP contribution >= 0.6 is 35.6 Å². The number of ether oxygens (including phenoxy) is 1. The molecular weight excluding hydrogens is 439 g/mol. The van der Waals surface area contributed by atoms with E-state index in [1.54, 1.807) is 19.4 Å². The SMILES string of the molecule is CN=C(NCCOc1cccnc1)NCCc1ccccc1Cl.I. The summed E-state index contributed by atoms with van der Waals surface area (Å²) in [7, 11) is 1.74. The highest BCUT2D eigenvalue weighted by Crippen LogP contribution is 2.14. The number of hydrogen-bond acceptors (Lipinski definition) is 3. The van der Waals surface area contributed by atoms with Gasteiger partial charge in [0.1, 0.15) is 12.4 Å². The van der Waals surface area contributed by atoms with Gasteiger partial charge in [0.25, 0.3) is 0 Å². The van der Waals surface area contributed by atoms with E-state index in [2.05, 4.69) is 20.6 Å². The van der Waals surface area contributed by atoms with Crippen LogP contribution in [0.2, 0.25) is 5.02 Å². The summed E-state index contributed by atoms with van der Waals surface area (Å²) in [6.45, 7) is 1.95. The quantitative estimate of drug-likeness (QED) is 0.288. The minimum atomic E-state index is 0. The zero-order chi connectivity index (χ0) is 16.3. The molecule has 5 nitrogen and oxygen atoms in total. The largest absolute Gasteiger partial charge is 0.490 e. The van der Waals surface area contributed by atoms with Crippen LogP contribution in [0, 0.1) is 0 Å². The Hall–Kier alpha value is -1.54. The van der Waals surface area contributed by atoms with Gasteiger partial charge in [-0.3, -0.25) is 9.98 Å². The lowest BCUT2D eigenvalue weighted by molar-refractivity contribution is 0.320. The predicted octanol–water partition coefficient (Wildman–Crippen LogP) is 3.14. The lowest BCUT2D eigenvalue weighted by atomic mass is 10.1. The molecule has 1 heterocycles. The normalized spacial score (nSPS) is 10.7. The molecule has 130 valence electrons. The third-order valence-electron chi connectivity index (χ3n) is 3.17. The van der Waals surface area contributed by atoms with Crippen molar-refractivity contribution >= 4 is 41.5 Å². The molecule has 0 amide bonds. The zero-order valence-corrected chi connectivity index (χ0v) is 16.6. The molecule has 0 aliphatic carbocycles. The van der Waals surface area contributed by atoms with Crippen molar-refractivity contribution in [2.45, 2.75) is 6.42 Å². The molecule has 1 aromatic heterocycles. The van der Waals surface area contributed by atoms with Gasteiger partial charge in [0.15, 0.2) is 5.96 Å². The fourth-order valence-electron chi connectivity index (χ4n) is 2.01. The van der Waals surface area contributed by atoms with Gasteiger partial charge in [0, 0.05) is 24.8 Å². The number of guanidine groups is 1. The van der Waals surface area contributed by atoms with E-state index in [0.29, 0.717) is 13.2 Å². The van der Waals surface area contributed by atoms with Crippen molar-refractivity contribution in [3.8, 4) is 5.75 Å². The molecule has 0 bridgehead atoms. The second-order valence-electron chi connectivity index (χ2n) is 4.80. The highest BCUT2D eigenvalue weighted by atomic mass is 127. The molecule has 0 fully saturated rings. The molecule has 0 unspecified atom stereocenters. The van der Waals surface area contributed by atoms with Gasteiger partial charge in [-0.05, 0) is 30.2 Å². The number of aromatic nitrogens is 1. The van der Waals surface area contributed by atoms with Crippen LogP contribution in [-0.4, -0.2) is 37.7 Å². The first kappa shape index (κ1) is 20.5. The van der Waals surface area contributed by atoms with Crippen molar-refractivity contribution in [3.05, 3.63) is 59.4 Å². The van der Waals surface area contributed by atoms with E-state index in [1.807, 2.05) is 36.4 Å². The summed E-state index contributed by atoms with van der Waals surface area (Å²) in [4.78, 5) is 8.18. The number of rotatable bonds is 7. The lowest BCUT2D eigenvalue weighted by Gasteiger charge is -2.12. The van der Waals surface area contributed by atoms with Crippen molar-refractivity contribution in [2.75, 3.05) is 26.7 Å². The van der Waals surface area contributed by atoms with Crippen molar-refractivity contribution in [1.29, 1.82) is 0 Å². The average Bonchev–Trinajstić information content (AvgIpc) is 2.59. The molecule has 2 N–H and O–H groups in total. The first-order chi connectivity index (χ1) is 11.3. The molecule has 0 aliphatic rings. The van der Waals surface area contributed by atoms with E-state index in [4.69, 9.17) is 16.3 Å². The van der Waals surface area contributed by atoms with E-state index in [-0.39, 0.29) is 24.0 Å². The van der Waals surface area contributed by atoms with Crippen LogP contribution in [0.4, 0.5) is 0 Å². The number of nitrogens with one attached hydrogen (secondary N) is 2. The van der Waals surface area contributed by atoms with Crippen LogP contribution in [-0.2, 0) is 6.42 Å². The van der Waals surface area contributed by atoms with Crippen LogP contribution in [0.3, 0.4) is 0 Å². The predicted molar refractivity (Wildman–Crippen MR) is 110 cm³/mol. The van der Waals surface area contributed by atoms with Gasteiger partial charge >= 0.3 is 0 Å². The van der Waals surface area contributed by atoms with Gasteiger partial charge in [-0.2, -0.15) is 0 Å². The average molecular weight is 461 g/mol. The first-order valence-corrected chi connectivity index (χ1v) is 7.88. The van der Waals surface area contributed by atoms with Crippen molar-refractivity contribution < 1.29 is 4.74 Å². The molecule has 2 rings (SSSR count). The Bertz CT molecular complexity index is 625. The molecular formula is C17H22ClIN4O. The van der Waals surface area contributed by atoms with E-state index in [9.17, 15) is 0 Å². The smallest absolute Gasteiger partial charge is 0.191 e. The Labute approximate surface area is 164 Å². The van der Waals surface area contributed by atoms with Crippen LogP contribution in [0.25, 0.3) is 0 Å². The monoisotopic (exact) mass is 460 g/mol. The van der Waals surface area contributed by atoms with Gasteiger partial charge < -0.3 is 15.4 Å². The van der Waals surface area contributed by atoms with E-state index in [0.717, 1.165) is 35.3 Å². The van der Waals surface area contributed by atoms with Crippen molar-refractivity contribution in [1.82, 2.24) is 15.6 Å². The van der Waals surface area contributed by atoms with Crippen LogP contribution in [0.5, 0.6) is 5.75 Å². The summed E-state index contributed by atoms with van der Waals surface area (Å²) in [5.74, 6) is 1.50. The van der Waals surface area contributed by atoms with Gasteiger partial charge in [-0.15, -0.1) is 24.0 Å². The summed E-state index contributed by atoms with van der Waals surface area (Å²) < 4.78 is 5.57. The molecule has 0 saturated heterocycles. The van der Waals surface area contributed by atoms with Gasteiger partial charge in [0.2, 0.25) is 0 Å². The molecule has 7 heteroatoms. The van der Waals surface area contributed by atoms with Gasteiger partial charge in [-0.25, -0.2) is 0 Å². The van der Waals surface area contributed by atoms with Gasteiger partial charge in [0.05, 0.1) is 12.7 Å². The van der Waals surface area contributed by atoms with Gasteiger partial charge in [-0.1, -0.05) is 29.8 Å². The third kappa shape index (κ3) is 7.35. The number of pyridine rings is 1.